The Labute approximate surface area is 105 Å². The molecule has 0 saturated carbocycles. The Bertz CT molecular complexity index is 439. The van der Waals surface area contributed by atoms with E-state index in [1.165, 1.54) is 12.3 Å². The Morgan fingerprint density at radius 3 is 3.18 bits per heavy atom. The normalized spacial score (nSPS) is 20.4. The minimum atomic E-state index is -0.126. The Morgan fingerprint density at radius 2 is 2.47 bits per heavy atom. The van der Waals surface area contributed by atoms with Gasteiger partial charge >= 0.3 is 0 Å². The second-order valence-corrected chi connectivity index (χ2v) is 4.43. The van der Waals surface area contributed by atoms with Crippen LogP contribution in [0.1, 0.15) is 17.3 Å². The molecule has 17 heavy (non-hydrogen) atoms. The van der Waals surface area contributed by atoms with Gasteiger partial charge in [0, 0.05) is 19.3 Å². The van der Waals surface area contributed by atoms with Crippen molar-refractivity contribution in [1.82, 2.24) is 9.88 Å². The second-order valence-electron chi connectivity index (χ2n) is 4.02. The Morgan fingerprint density at radius 1 is 1.71 bits per heavy atom. The summed E-state index contributed by atoms with van der Waals surface area (Å²) in [5.41, 5.74) is 5.95. The highest BCUT2D eigenvalue weighted by atomic mass is 35.5. The molecule has 0 aliphatic carbocycles. The van der Waals surface area contributed by atoms with Crippen LogP contribution in [-0.2, 0) is 4.74 Å². The molecule has 2 heterocycles. The molecule has 0 radical (unpaired) electrons. The maximum absolute atomic E-state index is 12.2. The van der Waals surface area contributed by atoms with Gasteiger partial charge in [0.05, 0.1) is 23.3 Å². The van der Waals surface area contributed by atoms with Crippen LogP contribution < -0.4 is 5.73 Å². The molecule has 1 atom stereocenters. The third-order valence-corrected chi connectivity index (χ3v) is 2.94. The van der Waals surface area contributed by atoms with Gasteiger partial charge in [-0.25, -0.2) is 4.98 Å². The zero-order chi connectivity index (χ0) is 12.4. The van der Waals surface area contributed by atoms with Gasteiger partial charge < -0.3 is 15.4 Å². The van der Waals surface area contributed by atoms with Crippen molar-refractivity contribution in [2.24, 2.45) is 0 Å². The molecule has 2 N–H and O–H groups in total. The molecule has 1 aliphatic rings. The molecule has 6 heteroatoms. The number of hydrogen-bond donors (Lipinski definition) is 1. The number of carbonyl (C=O) groups is 1. The predicted molar refractivity (Wildman–Crippen MR) is 65.0 cm³/mol. The highest BCUT2D eigenvalue weighted by molar-refractivity contribution is 6.33. The molecular formula is C11H14ClN3O2. The number of ether oxygens (including phenoxy) is 1. The zero-order valence-electron chi connectivity index (χ0n) is 9.52. The molecule has 1 aromatic rings. The van der Waals surface area contributed by atoms with Crippen LogP contribution in [0.4, 0.5) is 5.82 Å². The summed E-state index contributed by atoms with van der Waals surface area (Å²) in [6, 6.07) is 1.50. The smallest absolute Gasteiger partial charge is 0.255 e. The van der Waals surface area contributed by atoms with Gasteiger partial charge in [-0.1, -0.05) is 11.6 Å². The van der Waals surface area contributed by atoms with E-state index in [2.05, 4.69) is 4.98 Å². The van der Waals surface area contributed by atoms with E-state index in [4.69, 9.17) is 22.1 Å². The third kappa shape index (κ3) is 2.68. The van der Waals surface area contributed by atoms with E-state index in [0.29, 0.717) is 36.1 Å². The van der Waals surface area contributed by atoms with E-state index in [1.807, 2.05) is 6.92 Å². The first-order chi connectivity index (χ1) is 8.08. The lowest BCUT2D eigenvalue weighted by atomic mass is 10.2. The molecule has 92 valence electrons. The summed E-state index contributed by atoms with van der Waals surface area (Å²) in [6.45, 7) is 3.62. The predicted octanol–water partition coefficient (Wildman–Crippen LogP) is 1.18. The molecule has 1 saturated heterocycles. The summed E-state index contributed by atoms with van der Waals surface area (Å²) in [6.07, 6.45) is 1.44. The van der Waals surface area contributed by atoms with E-state index in [1.54, 1.807) is 4.90 Å². The van der Waals surface area contributed by atoms with Crippen LogP contribution in [0.5, 0.6) is 0 Å². The molecular weight excluding hydrogens is 242 g/mol. The molecule has 1 unspecified atom stereocenters. The number of pyridine rings is 1. The first-order valence-electron chi connectivity index (χ1n) is 5.40. The number of hydrogen-bond acceptors (Lipinski definition) is 4. The van der Waals surface area contributed by atoms with Gasteiger partial charge in [-0.3, -0.25) is 4.79 Å². The first kappa shape index (κ1) is 12.1. The maximum atomic E-state index is 12.2. The molecule has 5 nitrogen and oxygen atoms in total. The number of amides is 1. The van der Waals surface area contributed by atoms with Crippen molar-refractivity contribution in [3.63, 3.8) is 0 Å². The molecule has 1 amide bonds. The summed E-state index contributed by atoms with van der Waals surface area (Å²) in [4.78, 5) is 17.8. The summed E-state index contributed by atoms with van der Waals surface area (Å²) < 4.78 is 5.38. The number of nitrogens with two attached hydrogens (primary N) is 1. The zero-order valence-corrected chi connectivity index (χ0v) is 10.3. The van der Waals surface area contributed by atoms with E-state index in [0.717, 1.165) is 0 Å². The van der Waals surface area contributed by atoms with Gasteiger partial charge in [0.2, 0.25) is 0 Å². The molecule has 2 rings (SSSR count). The highest BCUT2D eigenvalue weighted by Crippen LogP contribution is 2.19. The van der Waals surface area contributed by atoms with E-state index < -0.39 is 0 Å². The topological polar surface area (TPSA) is 68.5 Å². The SMILES string of the molecule is CC1CN(C(=O)c2cc(N)ncc2Cl)CCO1. The average molecular weight is 256 g/mol. The van der Waals surface area contributed by atoms with Crippen LogP contribution in [0.25, 0.3) is 0 Å². The quantitative estimate of drug-likeness (QED) is 0.818. The van der Waals surface area contributed by atoms with Crippen molar-refractivity contribution < 1.29 is 9.53 Å². The van der Waals surface area contributed by atoms with Crippen molar-refractivity contribution in [3.05, 3.63) is 22.8 Å². The van der Waals surface area contributed by atoms with Gasteiger partial charge in [0.25, 0.3) is 5.91 Å². The van der Waals surface area contributed by atoms with Crippen molar-refractivity contribution in [2.75, 3.05) is 25.4 Å². The molecule has 0 spiro atoms. The number of aromatic nitrogens is 1. The van der Waals surface area contributed by atoms with Crippen LogP contribution in [0.3, 0.4) is 0 Å². The molecule has 0 aromatic carbocycles. The second kappa shape index (κ2) is 4.89. The molecule has 0 bridgehead atoms. The van der Waals surface area contributed by atoms with Crippen LogP contribution in [0.15, 0.2) is 12.3 Å². The van der Waals surface area contributed by atoms with Crippen LogP contribution in [0.2, 0.25) is 5.02 Å². The Kier molecular flexibility index (Phi) is 3.49. The van der Waals surface area contributed by atoms with Gasteiger partial charge in [-0.2, -0.15) is 0 Å². The van der Waals surface area contributed by atoms with Crippen molar-refractivity contribution >= 4 is 23.3 Å². The minimum Gasteiger partial charge on any atom is -0.384 e. The fourth-order valence-corrected chi connectivity index (χ4v) is 1.98. The Balaban J connectivity index is 2.21. The van der Waals surface area contributed by atoms with Gasteiger partial charge in [-0.05, 0) is 13.0 Å². The number of rotatable bonds is 1. The standard InChI is InChI=1S/C11H14ClN3O2/c1-7-6-15(2-3-17-7)11(16)8-4-10(13)14-5-9(8)12/h4-5,7H,2-3,6H2,1H3,(H2,13,14). The lowest BCUT2D eigenvalue weighted by molar-refractivity contribution is -0.0124. The van der Waals surface area contributed by atoms with E-state index >= 15 is 0 Å². The number of carbonyl (C=O) groups excluding carboxylic acids is 1. The summed E-state index contributed by atoms with van der Waals surface area (Å²) in [5, 5.41) is 0.323. The van der Waals surface area contributed by atoms with Crippen molar-refractivity contribution in [3.8, 4) is 0 Å². The lowest BCUT2D eigenvalue weighted by Gasteiger charge is -2.31. The number of halogens is 1. The van der Waals surface area contributed by atoms with Gasteiger partial charge in [0.15, 0.2) is 0 Å². The number of nitrogen functional groups attached to an aromatic ring is 1. The number of nitrogens with zero attached hydrogens (tertiary/aromatic N) is 2. The minimum absolute atomic E-state index is 0.0469. The van der Waals surface area contributed by atoms with Crippen LogP contribution in [-0.4, -0.2) is 41.6 Å². The van der Waals surface area contributed by atoms with E-state index in [-0.39, 0.29) is 12.0 Å². The van der Waals surface area contributed by atoms with Crippen molar-refractivity contribution in [2.45, 2.75) is 13.0 Å². The number of anilines is 1. The van der Waals surface area contributed by atoms with Gasteiger partial charge in [-0.15, -0.1) is 0 Å². The summed E-state index contributed by atoms with van der Waals surface area (Å²) in [5.74, 6) is 0.165. The Hall–Kier alpha value is -1.33. The summed E-state index contributed by atoms with van der Waals surface area (Å²) in [7, 11) is 0. The van der Waals surface area contributed by atoms with Crippen LogP contribution in [0, 0.1) is 0 Å². The molecule has 1 aliphatic heterocycles. The maximum Gasteiger partial charge on any atom is 0.255 e. The monoisotopic (exact) mass is 255 g/mol. The first-order valence-corrected chi connectivity index (χ1v) is 5.77. The van der Waals surface area contributed by atoms with Gasteiger partial charge in [0.1, 0.15) is 5.82 Å². The summed E-state index contributed by atoms with van der Waals surface area (Å²) >= 11 is 5.95. The fourth-order valence-electron chi connectivity index (χ4n) is 1.79. The fraction of sp³-hybridized carbons (Fsp3) is 0.455. The molecule has 1 aromatic heterocycles. The highest BCUT2D eigenvalue weighted by Gasteiger charge is 2.24. The molecule has 1 fully saturated rings. The third-order valence-electron chi connectivity index (χ3n) is 2.64. The lowest BCUT2D eigenvalue weighted by Crippen LogP contribution is -2.44. The van der Waals surface area contributed by atoms with Crippen molar-refractivity contribution in [1.29, 1.82) is 0 Å². The van der Waals surface area contributed by atoms with Crippen LogP contribution >= 0.6 is 11.6 Å². The number of morpholine rings is 1. The van der Waals surface area contributed by atoms with E-state index in [9.17, 15) is 4.79 Å². The largest absolute Gasteiger partial charge is 0.384 e. The average Bonchev–Trinajstić information content (AvgIpc) is 2.31.